The van der Waals surface area contributed by atoms with E-state index >= 15 is 0 Å². The lowest BCUT2D eigenvalue weighted by atomic mass is 10.1. The second-order valence-electron chi connectivity index (χ2n) is 4.82. The van der Waals surface area contributed by atoms with Crippen molar-refractivity contribution in [3.63, 3.8) is 0 Å². The fraction of sp³-hybridized carbons (Fsp3) is 0.538. The molecule has 1 fully saturated rings. The molecular weight excluding hydrogens is 243 g/mol. The second kappa shape index (κ2) is 5.71. The summed E-state index contributed by atoms with van der Waals surface area (Å²) in [7, 11) is 0. The molecule has 1 saturated carbocycles. The summed E-state index contributed by atoms with van der Waals surface area (Å²) in [6, 6.07) is 1.44. The largest absolute Gasteiger partial charge is 0.393 e. The minimum Gasteiger partial charge on any atom is -0.393 e. The third kappa shape index (κ3) is 3.23. The Kier molecular flexibility index (Phi) is 4.24. The Hall–Kier alpha value is -1.07. The first-order chi connectivity index (χ1) is 8.56. The van der Waals surface area contributed by atoms with E-state index in [9.17, 15) is 18.3 Å². The van der Waals surface area contributed by atoms with Crippen LogP contribution in [0, 0.1) is 23.4 Å². The van der Waals surface area contributed by atoms with Crippen LogP contribution in [0.1, 0.15) is 24.8 Å². The van der Waals surface area contributed by atoms with Crippen LogP contribution in [0.4, 0.5) is 13.2 Å². The second-order valence-corrected chi connectivity index (χ2v) is 4.82. The van der Waals surface area contributed by atoms with E-state index in [2.05, 4.69) is 5.32 Å². The van der Waals surface area contributed by atoms with Gasteiger partial charge in [0.15, 0.2) is 11.6 Å². The Balaban J connectivity index is 1.85. The zero-order valence-electron chi connectivity index (χ0n) is 9.93. The van der Waals surface area contributed by atoms with Crippen molar-refractivity contribution in [1.82, 2.24) is 5.32 Å². The summed E-state index contributed by atoms with van der Waals surface area (Å²) in [5.74, 6) is -2.58. The number of hydrogen-bond acceptors (Lipinski definition) is 2. The van der Waals surface area contributed by atoms with Crippen LogP contribution < -0.4 is 5.32 Å². The highest BCUT2D eigenvalue weighted by atomic mass is 19.2. The molecule has 18 heavy (non-hydrogen) atoms. The molecule has 1 aromatic carbocycles. The highest BCUT2D eigenvalue weighted by Crippen LogP contribution is 2.24. The van der Waals surface area contributed by atoms with E-state index in [1.807, 2.05) is 0 Å². The molecule has 0 spiro atoms. The quantitative estimate of drug-likeness (QED) is 0.814. The molecule has 0 saturated heterocycles. The third-order valence-corrected chi connectivity index (χ3v) is 3.35. The number of rotatable bonds is 4. The van der Waals surface area contributed by atoms with Crippen molar-refractivity contribution in [2.45, 2.75) is 31.9 Å². The predicted octanol–water partition coefficient (Wildman–Crippen LogP) is 2.35. The van der Waals surface area contributed by atoms with Crippen LogP contribution >= 0.6 is 0 Å². The average molecular weight is 259 g/mol. The molecule has 0 aliphatic heterocycles. The van der Waals surface area contributed by atoms with Gasteiger partial charge in [0.05, 0.1) is 6.10 Å². The lowest BCUT2D eigenvalue weighted by Crippen LogP contribution is -2.22. The zero-order valence-corrected chi connectivity index (χ0v) is 9.93. The first-order valence-electron chi connectivity index (χ1n) is 6.08. The summed E-state index contributed by atoms with van der Waals surface area (Å²) >= 11 is 0. The lowest BCUT2D eigenvalue weighted by molar-refractivity contribution is 0.177. The summed E-state index contributed by atoms with van der Waals surface area (Å²) < 4.78 is 38.9. The summed E-state index contributed by atoms with van der Waals surface area (Å²) in [4.78, 5) is 0. The van der Waals surface area contributed by atoms with Gasteiger partial charge in [-0.15, -0.1) is 0 Å². The fourth-order valence-corrected chi connectivity index (χ4v) is 2.34. The summed E-state index contributed by atoms with van der Waals surface area (Å²) in [5.41, 5.74) is 0.118. The molecule has 2 rings (SSSR count). The number of hydrogen-bond donors (Lipinski definition) is 2. The number of benzene rings is 1. The molecule has 0 bridgehead atoms. The number of aliphatic hydroxyl groups excluding tert-OH is 1. The fourth-order valence-electron chi connectivity index (χ4n) is 2.34. The van der Waals surface area contributed by atoms with Crippen molar-refractivity contribution in [1.29, 1.82) is 0 Å². The van der Waals surface area contributed by atoms with Gasteiger partial charge in [-0.05, 0) is 37.8 Å². The lowest BCUT2D eigenvalue weighted by Gasteiger charge is -2.11. The normalized spacial score (nSPS) is 23.6. The highest BCUT2D eigenvalue weighted by molar-refractivity contribution is 5.19. The smallest absolute Gasteiger partial charge is 0.161 e. The predicted molar refractivity (Wildman–Crippen MR) is 61.4 cm³/mol. The Morgan fingerprint density at radius 3 is 2.50 bits per heavy atom. The van der Waals surface area contributed by atoms with Crippen LogP contribution in [0.15, 0.2) is 12.1 Å². The van der Waals surface area contributed by atoms with Crippen molar-refractivity contribution in [3.8, 4) is 0 Å². The molecule has 2 unspecified atom stereocenters. The van der Waals surface area contributed by atoms with Gasteiger partial charge in [-0.3, -0.25) is 0 Å². The minimum atomic E-state index is -1.17. The summed E-state index contributed by atoms with van der Waals surface area (Å²) in [6.07, 6.45) is 2.24. The van der Waals surface area contributed by atoms with Crippen LogP contribution in [0.25, 0.3) is 0 Å². The highest BCUT2D eigenvalue weighted by Gasteiger charge is 2.22. The summed E-state index contributed by atoms with van der Waals surface area (Å²) in [6.45, 7) is 0.811. The van der Waals surface area contributed by atoms with Crippen molar-refractivity contribution in [2.24, 2.45) is 5.92 Å². The average Bonchev–Trinajstić information content (AvgIpc) is 2.71. The maximum absolute atomic E-state index is 13.3. The van der Waals surface area contributed by atoms with Crippen molar-refractivity contribution >= 4 is 0 Å². The molecule has 0 amide bonds. The molecule has 100 valence electrons. The molecule has 0 heterocycles. The minimum absolute atomic E-state index is 0.118. The third-order valence-electron chi connectivity index (χ3n) is 3.35. The van der Waals surface area contributed by atoms with Gasteiger partial charge >= 0.3 is 0 Å². The molecule has 1 aliphatic rings. The van der Waals surface area contributed by atoms with Crippen molar-refractivity contribution < 1.29 is 18.3 Å². The van der Waals surface area contributed by atoms with E-state index < -0.39 is 17.5 Å². The van der Waals surface area contributed by atoms with E-state index in [1.165, 1.54) is 0 Å². The van der Waals surface area contributed by atoms with Crippen LogP contribution in [-0.4, -0.2) is 17.8 Å². The van der Waals surface area contributed by atoms with Gasteiger partial charge in [0.2, 0.25) is 0 Å². The molecule has 2 atom stereocenters. The van der Waals surface area contributed by atoms with Gasteiger partial charge < -0.3 is 10.4 Å². The maximum atomic E-state index is 13.3. The van der Waals surface area contributed by atoms with Crippen LogP contribution in [0.5, 0.6) is 0 Å². The Morgan fingerprint density at radius 1 is 1.11 bits per heavy atom. The van der Waals surface area contributed by atoms with Gasteiger partial charge in [-0.2, -0.15) is 0 Å². The van der Waals surface area contributed by atoms with E-state index in [0.29, 0.717) is 18.5 Å². The maximum Gasteiger partial charge on any atom is 0.161 e. The van der Waals surface area contributed by atoms with Crippen LogP contribution in [0.3, 0.4) is 0 Å². The van der Waals surface area contributed by atoms with Gasteiger partial charge in [0.1, 0.15) is 5.82 Å². The van der Waals surface area contributed by atoms with E-state index in [4.69, 9.17) is 0 Å². The molecular formula is C13H16F3NO. The standard InChI is InChI=1S/C13H16F3NO/c14-11-5-13(16)12(15)4-9(11)7-17-6-8-1-2-10(18)3-8/h4-5,8,10,17-18H,1-3,6-7H2. The van der Waals surface area contributed by atoms with E-state index in [-0.39, 0.29) is 18.2 Å². The first-order valence-corrected chi connectivity index (χ1v) is 6.08. The topological polar surface area (TPSA) is 32.3 Å². The molecule has 5 heteroatoms. The van der Waals surface area contributed by atoms with E-state index in [1.54, 1.807) is 0 Å². The molecule has 1 aliphatic carbocycles. The van der Waals surface area contributed by atoms with Crippen molar-refractivity contribution in [3.05, 3.63) is 35.1 Å². The van der Waals surface area contributed by atoms with Gasteiger partial charge in [0, 0.05) is 18.2 Å². The Bertz CT molecular complexity index is 425. The van der Waals surface area contributed by atoms with Crippen LogP contribution in [-0.2, 0) is 6.54 Å². The zero-order chi connectivity index (χ0) is 13.1. The molecule has 2 N–H and O–H groups in total. The van der Waals surface area contributed by atoms with Crippen molar-refractivity contribution in [2.75, 3.05) is 6.54 Å². The SMILES string of the molecule is OC1CCC(CNCc2cc(F)c(F)cc2F)C1. The van der Waals surface area contributed by atoms with Gasteiger partial charge in [-0.25, -0.2) is 13.2 Å². The molecule has 0 aromatic heterocycles. The number of aliphatic hydroxyl groups is 1. The van der Waals surface area contributed by atoms with Gasteiger partial charge in [-0.1, -0.05) is 0 Å². The monoisotopic (exact) mass is 259 g/mol. The van der Waals surface area contributed by atoms with Gasteiger partial charge in [0.25, 0.3) is 0 Å². The summed E-state index contributed by atoms with van der Waals surface area (Å²) in [5, 5.41) is 12.4. The molecule has 1 aromatic rings. The first kappa shape index (κ1) is 13.4. The molecule has 2 nitrogen and oxygen atoms in total. The number of halogens is 3. The van der Waals surface area contributed by atoms with Crippen LogP contribution in [0.2, 0.25) is 0 Å². The molecule has 0 radical (unpaired) electrons. The Morgan fingerprint density at radius 2 is 1.83 bits per heavy atom. The Labute approximate surface area is 104 Å². The number of nitrogens with one attached hydrogen (secondary N) is 1. The van der Waals surface area contributed by atoms with E-state index in [0.717, 1.165) is 25.3 Å².